The third-order valence-electron chi connectivity index (χ3n) is 3.12. The van der Waals surface area contributed by atoms with Crippen LogP contribution in [-0.4, -0.2) is 45.1 Å². The predicted molar refractivity (Wildman–Crippen MR) is 82.8 cm³/mol. The molecule has 1 aromatic carbocycles. The van der Waals surface area contributed by atoms with E-state index in [-0.39, 0.29) is 12.1 Å². The van der Waals surface area contributed by atoms with E-state index in [2.05, 4.69) is 15.6 Å². The minimum atomic E-state index is -4.60. The number of guanidine groups is 1. The van der Waals surface area contributed by atoms with Crippen LogP contribution in [0.1, 0.15) is 17.5 Å². The summed E-state index contributed by atoms with van der Waals surface area (Å²) in [5.41, 5.74) is -1.01. The van der Waals surface area contributed by atoms with Crippen LogP contribution in [0.5, 0.6) is 0 Å². The van der Waals surface area contributed by atoms with Gasteiger partial charge in [-0.2, -0.15) is 13.2 Å². The zero-order valence-electron chi connectivity index (χ0n) is 13.5. The molecule has 0 amide bonds. The molecule has 0 atom stereocenters. The summed E-state index contributed by atoms with van der Waals surface area (Å²) in [5, 5.41) is 5.83. The number of hydrogen-bond donors (Lipinski definition) is 2. The average molecular weight is 334 g/mol. The van der Waals surface area contributed by atoms with Gasteiger partial charge in [-0.15, -0.1) is 0 Å². The van der Waals surface area contributed by atoms with Gasteiger partial charge in [-0.1, -0.05) is 6.07 Å². The molecule has 130 valence electrons. The Morgan fingerprint density at radius 3 is 2.48 bits per heavy atom. The van der Waals surface area contributed by atoms with Crippen molar-refractivity contribution in [1.29, 1.82) is 0 Å². The van der Waals surface area contributed by atoms with Crippen LogP contribution in [0.2, 0.25) is 0 Å². The van der Waals surface area contributed by atoms with Crippen LogP contribution in [0.3, 0.4) is 0 Å². The maximum atomic E-state index is 13.1. The fourth-order valence-corrected chi connectivity index (χ4v) is 1.97. The first-order chi connectivity index (χ1) is 10.7. The van der Waals surface area contributed by atoms with Crippen molar-refractivity contribution < 1.29 is 17.6 Å². The first-order valence-electron chi connectivity index (χ1n) is 7.19. The summed E-state index contributed by atoms with van der Waals surface area (Å²) in [7, 11) is 5.46. The summed E-state index contributed by atoms with van der Waals surface area (Å²) in [4.78, 5) is 5.99. The van der Waals surface area contributed by atoms with Gasteiger partial charge in [0, 0.05) is 20.1 Å². The second-order valence-electron chi connectivity index (χ2n) is 5.31. The van der Waals surface area contributed by atoms with Crippen LogP contribution in [0, 0.1) is 5.82 Å². The Hall–Kier alpha value is -1.83. The van der Waals surface area contributed by atoms with E-state index in [1.165, 1.54) is 7.05 Å². The van der Waals surface area contributed by atoms with Crippen molar-refractivity contribution in [1.82, 2.24) is 15.5 Å². The molecule has 0 saturated carbocycles. The molecule has 0 aromatic heterocycles. The predicted octanol–water partition coefficient (Wildman–Crippen LogP) is 2.46. The lowest BCUT2D eigenvalue weighted by molar-refractivity contribution is -0.138. The lowest BCUT2D eigenvalue weighted by Crippen LogP contribution is -2.38. The first kappa shape index (κ1) is 19.2. The van der Waals surface area contributed by atoms with Gasteiger partial charge in [-0.05, 0) is 44.8 Å². The van der Waals surface area contributed by atoms with Gasteiger partial charge in [0.15, 0.2) is 5.96 Å². The van der Waals surface area contributed by atoms with Crippen LogP contribution >= 0.6 is 0 Å². The molecule has 0 saturated heterocycles. The van der Waals surface area contributed by atoms with Crippen molar-refractivity contribution in [2.24, 2.45) is 4.99 Å². The van der Waals surface area contributed by atoms with E-state index in [0.29, 0.717) is 18.6 Å². The molecular formula is C15H22F4N4. The first-order valence-corrected chi connectivity index (χ1v) is 7.19. The topological polar surface area (TPSA) is 39.7 Å². The number of alkyl halides is 3. The third kappa shape index (κ3) is 6.85. The number of halogens is 4. The number of aliphatic imine (C=N–C) groups is 1. The smallest absolute Gasteiger partial charge is 0.356 e. The maximum Gasteiger partial charge on any atom is 0.416 e. The number of rotatable bonds is 6. The molecule has 2 N–H and O–H groups in total. The normalized spacial score (nSPS) is 12.6. The number of nitrogens with one attached hydrogen (secondary N) is 2. The molecule has 0 unspecified atom stereocenters. The van der Waals surface area contributed by atoms with Crippen molar-refractivity contribution in [3.05, 3.63) is 35.1 Å². The van der Waals surface area contributed by atoms with E-state index in [9.17, 15) is 17.6 Å². The van der Waals surface area contributed by atoms with Crippen molar-refractivity contribution in [2.75, 3.05) is 34.2 Å². The Bertz CT molecular complexity index is 527. The second-order valence-corrected chi connectivity index (χ2v) is 5.31. The van der Waals surface area contributed by atoms with Gasteiger partial charge in [0.25, 0.3) is 0 Å². The van der Waals surface area contributed by atoms with Gasteiger partial charge in [-0.25, -0.2) is 4.39 Å². The summed E-state index contributed by atoms with van der Waals surface area (Å²) in [6.45, 7) is 1.44. The van der Waals surface area contributed by atoms with Crippen molar-refractivity contribution in [2.45, 2.75) is 19.1 Å². The lowest BCUT2D eigenvalue weighted by Gasteiger charge is -2.16. The van der Waals surface area contributed by atoms with E-state index in [4.69, 9.17) is 0 Å². The molecule has 1 rings (SSSR count). The van der Waals surface area contributed by atoms with E-state index in [1.807, 2.05) is 19.0 Å². The summed E-state index contributed by atoms with van der Waals surface area (Å²) in [6.07, 6.45) is -3.72. The SMILES string of the molecule is CN=C(NCCCN(C)C)NCc1ccc(F)cc1C(F)(F)F. The standard InChI is InChI=1S/C15H22F4N4/c1-20-14(21-7-4-8-23(2)3)22-10-11-5-6-12(16)9-13(11)15(17,18)19/h5-6,9H,4,7-8,10H2,1-3H3,(H2,20,21,22). The highest BCUT2D eigenvalue weighted by atomic mass is 19.4. The molecule has 0 heterocycles. The van der Waals surface area contributed by atoms with E-state index in [0.717, 1.165) is 25.1 Å². The zero-order chi connectivity index (χ0) is 17.5. The molecular weight excluding hydrogens is 312 g/mol. The number of benzene rings is 1. The van der Waals surface area contributed by atoms with Gasteiger partial charge in [0.1, 0.15) is 5.82 Å². The Labute approximate surface area is 133 Å². The highest BCUT2D eigenvalue weighted by molar-refractivity contribution is 5.79. The highest BCUT2D eigenvalue weighted by Gasteiger charge is 2.33. The lowest BCUT2D eigenvalue weighted by atomic mass is 10.1. The van der Waals surface area contributed by atoms with Crippen LogP contribution in [0.25, 0.3) is 0 Å². The van der Waals surface area contributed by atoms with Crippen LogP contribution in [0.4, 0.5) is 17.6 Å². The molecule has 8 heteroatoms. The Morgan fingerprint density at radius 2 is 1.91 bits per heavy atom. The van der Waals surface area contributed by atoms with Gasteiger partial charge in [-0.3, -0.25) is 4.99 Å². The van der Waals surface area contributed by atoms with E-state index < -0.39 is 17.6 Å². The Kier molecular flexibility index (Phi) is 7.28. The molecule has 0 spiro atoms. The number of hydrogen-bond acceptors (Lipinski definition) is 2. The third-order valence-corrected chi connectivity index (χ3v) is 3.12. The van der Waals surface area contributed by atoms with Crippen molar-refractivity contribution in [3.8, 4) is 0 Å². The van der Waals surface area contributed by atoms with Crippen molar-refractivity contribution >= 4 is 5.96 Å². The average Bonchev–Trinajstić information content (AvgIpc) is 2.46. The summed E-state index contributed by atoms with van der Waals surface area (Å²) >= 11 is 0. The van der Waals surface area contributed by atoms with E-state index in [1.54, 1.807) is 0 Å². The zero-order valence-corrected chi connectivity index (χ0v) is 13.5. The Balaban J connectivity index is 2.63. The molecule has 1 aromatic rings. The molecule has 4 nitrogen and oxygen atoms in total. The molecule has 0 aliphatic heterocycles. The largest absolute Gasteiger partial charge is 0.416 e. The van der Waals surface area contributed by atoms with Gasteiger partial charge in [0.05, 0.1) is 5.56 Å². The quantitative estimate of drug-likeness (QED) is 0.363. The number of nitrogens with zero attached hydrogens (tertiary/aromatic N) is 2. The molecule has 0 fully saturated rings. The molecule has 23 heavy (non-hydrogen) atoms. The van der Waals surface area contributed by atoms with Gasteiger partial charge in [0.2, 0.25) is 0 Å². The summed E-state index contributed by atoms with van der Waals surface area (Å²) in [6, 6.07) is 2.65. The summed E-state index contributed by atoms with van der Waals surface area (Å²) < 4.78 is 51.8. The second kappa shape index (κ2) is 8.71. The molecule has 0 aliphatic carbocycles. The maximum absolute atomic E-state index is 13.1. The van der Waals surface area contributed by atoms with Crippen molar-refractivity contribution in [3.63, 3.8) is 0 Å². The highest BCUT2D eigenvalue weighted by Crippen LogP contribution is 2.32. The van der Waals surface area contributed by atoms with Gasteiger partial charge < -0.3 is 15.5 Å². The van der Waals surface area contributed by atoms with Crippen LogP contribution in [-0.2, 0) is 12.7 Å². The monoisotopic (exact) mass is 334 g/mol. The van der Waals surface area contributed by atoms with E-state index >= 15 is 0 Å². The molecule has 0 aliphatic rings. The summed E-state index contributed by atoms with van der Waals surface area (Å²) in [5.74, 6) is -0.506. The fourth-order valence-electron chi connectivity index (χ4n) is 1.97. The minimum absolute atomic E-state index is 0.0323. The Morgan fingerprint density at radius 1 is 1.22 bits per heavy atom. The van der Waals surface area contributed by atoms with Crippen LogP contribution < -0.4 is 10.6 Å². The fraction of sp³-hybridized carbons (Fsp3) is 0.533. The molecule has 0 bridgehead atoms. The van der Waals surface area contributed by atoms with Gasteiger partial charge >= 0.3 is 6.18 Å². The van der Waals surface area contributed by atoms with Crippen LogP contribution in [0.15, 0.2) is 23.2 Å². The minimum Gasteiger partial charge on any atom is -0.356 e. The molecule has 0 radical (unpaired) electrons.